The highest BCUT2D eigenvalue weighted by molar-refractivity contribution is 6.30. The van der Waals surface area contributed by atoms with Gasteiger partial charge in [0, 0.05) is 22.7 Å². The molecule has 0 aromatic heterocycles. The molecule has 3 rings (SSSR count). The zero-order chi connectivity index (χ0) is 10.3. The summed E-state index contributed by atoms with van der Waals surface area (Å²) in [5, 5.41) is 4.41. The third-order valence-corrected chi connectivity index (χ3v) is 4.22. The van der Waals surface area contributed by atoms with E-state index in [1.165, 1.54) is 43.4 Å². The molecule has 1 spiro atoms. The number of benzene rings is 1. The van der Waals surface area contributed by atoms with Crippen LogP contribution in [0, 0.1) is 0 Å². The fraction of sp³-hybridized carbons (Fsp3) is 0.538. The number of nitrogens with one attached hydrogen (secondary N) is 1. The van der Waals surface area contributed by atoms with Crippen LogP contribution in [0.1, 0.15) is 37.7 Å². The predicted molar refractivity (Wildman–Crippen MR) is 72.0 cm³/mol. The molecule has 16 heavy (non-hydrogen) atoms. The summed E-state index contributed by atoms with van der Waals surface area (Å²) in [6, 6.07) is 6.28. The summed E-state index contributed by atoms with van der Waals surface area (Å²) in [5.41, 5.74) is 3.18. The molecular formula is C13H17Cl2N. The molecule has 0 amide bonds. The van der Waals surface area contributed by atoms with Crippen LogP contribution in [0.4, 0.5) is 5.69 Å². The van der Waals surface area contributed by atoms with Crippen molar-refractivity contribution in [3.05, 3.63) is 28.8 Å². The van der Waals surface area contributed by atoms with Crippen molar-refractivity contribution in [1.29, 1.82) is 0 Å². The lowest BCUT2D eigenvalue weighted by atomic mass is 9.71. The van der Waals surface area contributed by atoms with Gasteiger partial charge in [0.25, 0.3) is 0 Å². The first-order chi connectivity index (χ1) is 7.30. The molecule has 0 atom stereocenters. The van der Waals surface area contributed by atoms with Gasteiger partial charge in [-0.2, -0.15) is 0 Å². The van der Waals surface area contributed by atoms with E-state index >= 15 is 0 Å². The summed E-state index contributed by atoms with van der Waals surface area (Å²) < 4.78 is 0. The minimum Gasteiger partial charge on any atom is -0.384 e. The van der Waals surface area contributed by atoms with Crippen LogP contribution in [0.3, 0.4) is 0 Å². The summed E-state index contributed by atoms with van der Waals surface area (Å²) in [6.45, 7) is 1.11. The Bertz CT molecular complexity index is 378. The minimum absolute atomic E-state index is 0. The zero-order valence-electron chi connectivity index (χ0n) is 9.26. The second-order valence-electron chi connectivity index (χ2n) is 4.88. The molecule has 1 saturated carbocycles. The SMILES string of the molecule is Cl.Clc1ccc2c(c1)C1(CCCCC1)CN2. The van der Waals surface area contributed by atoms with Gasteiger partial charge in [-0.1, -0.05) is 30.9 Å². The third kappa shape index (κ3) is 1.80. The largest absolute Gasteiger partial charge is 0.384 e. The van der Waals surface area contributed by atoms with E-state index in [1.54, 1.807) is 0 Å². The van der Waals surface area contributed by atoms with E-state index in [-0.39, 0.29) is 12.4 Å². The average molecular weight is 258 g/mol. The lowest BCUT2D eigenvalue weighted by molar-refractivity contribution is 0.319. The Hall–Kier alpha value is -0.400. The molecule has 1 nitrogen and oxygen atoms in total. The van der Waals surface area contributed by atoms with Gasteiger partial charge in [-0.15, -0.1) is 12.4 Å². The number of hydrogen-bond acceptors (Lipinski definition) is 1. The van der Waals surface area contributed by atoms with Crippen molar-refractivity contribution in [2.75, 3.05) is 11.9 Å². The molecule has 88 valence electrons. The van der Waals surface area contributed by atoms with Crippen molar-refractivity contribution >= 4 is 29.7 Å². The van der Waals surface area contributed by atoms with Gasteiger partial charge in [-0.25, -0.2) is 0 Å². The first-order valence-electron chi connectivity index (χ1n) is 5.84. The van der Waals surface area contributed by atoms with E-state index in [4.69, 9.17) is 11.6 Å². The molecule has 1 aliphatic carbocycles. The number of hydrogen-bond donors (Lipinski definition) is 1. The maximum Gasteiger partial charge on any atom is 0.0410 e. The van der Waals surface area contributed by atoms with Crippen LogP contribution < -0.4 is 5.32 Å². The van der Waals surface area contributed by atoms with Gasteiger partial charge < -0.3 is 5.32 Å². The van der Waals surface area contributed by atoms with Gasteiger partial charge >= 0.3 is 0 Å². The molecule has 0 saturated heterocycles. The van der Waals surface area contributed by atoms with E-state index in [0.29, 0.717) is 5.41 Å². The van der Waals surface area contributed by atoms with Crippen molar-refractivity contribution in [1.82, 2.24) is 0 Å². The first kappa shape index (κ1) is 12.1. The normalized spacial score (nSPS) is 21.1. The van der Waals surface area contributed by atoms with Gasteiger partial charge in [0.05, 0.1) is 0 Å². The number of rotatable bonds is 0. The quantitative estimate of drug-likeness (QED) is 0.727. The van der Waals surface area contributed by atoms with Crippen molar-refractivity contribution in [2.24, 2.45) is 0 Å². The molecule has 0 unspecified atom stereocenters. The average Bonchev–Trinajstić information content (AvgIpc) is 2.59. The van der Waals surface area contributed by atoms with E-state index in [0.717, 1.165) is 11.6 Å². The van der Waals surface area contributed by atoms with E-state index in [1.807, 2.05) is 6.07 Å². The molecule has 1 aromatic rings. The predicted octanol–water partition coefficient (Wildman–Crippen LogP) is 4.39. The molecule has 0 radical (unpaired) electrons. The van der Waals surface area contributed by atoms with Crippen LogP contribution in [0.25, 0.3) is 0 Å². The van der Waals surface area contributed by atoms with Crippen LogP contribution >= 0.6 is 24.0 Å². The molecule has 1 aliphatic heterocycles. The van der Waals surface area contributed by atoms with Crippen LogP contribution in [0.2, 0.25) is 5.02 Å². The molecule has 1 heterocycles. The Morgan fingerprint density at radius 1 is 1.12 bits per heavy atom. The first-order valence-corrected chi connectivity index (χ1v) is 6.22. The highest BCUT2D eigenvalue weighted by atomic mass is 35.5. The van der Waals surface area contributed by atoms with E-state index < -0.39 is 0 Å². The highest BCUT2D eigenvalue weighted by Crippen LogP contribution is 2.47. The third-order valence-electron chi connectivity index (χ3n) is 3.98. The maximum atomic E-state index is 6.10. The second kappa shape index (κ2) is 4.46. The van der Waals surface area contributed by atoms with Crippen molar-refractivity contribution in [3.63, 3.8) is 0 Å². The van der Waals surface area contributed by atoms with Crippen LogP contribution in [-0.2, 0) is 5.41 Å². The van der Waals surface area contributed by atoms with Gasteiger partial charge in [0.1, 0.15) is 0 Å². The molecule has 1 fully saturated rings. The highest BCUT2D eigenvalue weighted by Gasteiger charge is 2.39. The smallest absolute Gasteiger partial charge is 0.0410 e. The number of anilines is 1. The lowest BCUT2D eigenvalue weighted by Crippen LogP contribution is -2.30. The fourth-order valence-electron chi connectivity index (χ4n) is 3.14. The topological polar surface area (TPSA) is 12.0 Å². The van der Waals surface area contributed by atoms with Crippen LogP contribution in [0.5, 0.6) is 0 Å². The second-order valence-corrected chi connectivity index (χ2v) is 5.32. The van der Waals surface area contributed by atoms with Crippen molar-refractivity contribution in [2.45, 2.75) is 37.5 Å². The van der Waals surface area contributed by atoms with Gasteiger partial charge in [-0.05, 0) is 36.6 Å². The van der Waals surface area contributed by atoms with Crippen LogP contribution in [0.15, 0.2) is 18.2 Å². The van der Waals surface area contributed by atoms with Gasteiger partial charge in [0.15, 0.2) is 0 Å². The molecule has 1 aromatic carbocycles. The summed E-state index contributed by atoms with van der Waals surface area (Å²) in [4.78, 5) is 0. The van der Waals surface area contributed by atoms with Gasteiger partial charge in [0.2, 0.25) is 0 Å². The summed E-state index contributed by atoms with van der Waals surface area (Å²) in [7, 11) is 0. The van der Waals surface area contributed by atoms with Gasteiger partial charge in [-0.3, -0.25) is 0 Å². The zero-order valence-corrected chi connectivity index (χ0v) is 10.8. The van der Waals surface area contributed by atoms with Crippen molar-refractivity contribution < 1.29 is 0 Å². The Morgan fingerprint density at radius 3 is 2.62 bits per heavy atom. The molecule has 0 bridgehead atoms. The van der Waals surface area contributed by atoms with Crippen molar-refractivity contribution in [3.8, 4) is 0 Å². The molecular weight excluding hydrogens is 241 g/mol. The molecule has 3 heteroatoms. The molecule has 2 aliphatic rings. The number of halogens is 2. The Balaban J connectivity index is 0.000000963. The van der Waals surface area contributed by atoms with E-state index in [2.05, 4.69) is 17.4 Å². The Morgan fingerprint density at radius 2 is 1.88 bits per heavy atom. The Kier molecular flexibility index (Phi) is 3.37. The lowest BCUT2D eigenvalue weighted by Gasteiger charge is -2.33. The summed E-state index contributed by atoms with van der Waals surface area (Å²) in [5.74, 6) is 0. The summed E-state index contributed by atoms with van der Waals surface area (Å²) >= 11 is 6.10. The van der Waals surface area contributed by atoms with E-state index in [9.17, 15) is 0 Å². The Labute approximate surface area is 108 Å². The number of fused-ring (bicyclic) bond motifs is 2. The maximum absolute atomic E-state index is 6.10. The minimum atomic E-state index is 0. The summed E-state index contributed by atoms with van der Waals surface area (Å²) in [6.07, 6.45) is 6.79. The fourth-order valence-corrected chi connectivity index (χ4v) is 3.32. The standard InChI is InChI=1S/C13H16ClN.ClH/c14-10-4-5-12-11(8-10)13(9-15-12)6-2-1-3-7-13;/h4-5,8,15H,1-3,6-7,9H2;1H. The van der Waals surface area contributed by atoms with Crippen LogP contribution in [-0.4, -0.2) is 6.54 Å². The monoisotopic (exact) mass is 257 g/mol. The molecule has 1 N–H and O–H groups in total.